The summed E-state index contributed by atoms with van der Waals surface area (Å²) in [6, 6.07) is 10.8. The van der Waals surface area contributed by atoms with Crippen molar-refractivity contribution < 1.29 is 18.9 Å². The fourth-order valence-electron chi connectivity index (χ4n) is 3.24. The number of carbonyl (C=O) groups excluding carboxylic acids is 2. The van der Waals surface area contributed by atoms with Crippen LogP contribution < -0.4 is 0 Å². The van der Waals surface area contributed by atoms with Gasteiger partial charge >= 0.3 is 0 Å². The molecule has 1 aromatic carbocycles. The van der Waals surface area contributed by atoms with Crippen LogP contribution >= 0.6 is 0 Å². The van der Waals surface area contributed by atoms with Gasteiger partial charge in [0, 0.05) is 17.7 Å². The molecular formula is C22H19N3O5. The van der Waals surface area contributed by atoms with Crippen LogP contribution in [0.25, 0.3) is 17.4 Å². The van der Waals surface area contributed by atoms with Crippen LogP contribution in [-0.2, 0) is 9.59 Å². The molecule has 1 aliphatic heterocycles. The molecule has 30 heavy (non-hydrogen) atoms. The maximum absolute atomic E-state index is 13.0. The van der Waals surface area contributed by atoms with Crippen molar-refractivity contribution in [2.24, 2.45) is 0 Å². The highest BCUT2D eigenvalue weighted by molar-refractivity contribution is 6.19. The molecule has 0 spiro atoms. The zero-order valence-electron chi connectivity index (χ0n) is 16.7. The number of para-hydroxylation sites is 1. The molecule has 152 valence electrons. The maximum atomic E-state index is 13.0. The van der Waals surface area contributed by atoms with Crippen molar-refractivity contribution in [1.29, 1.82) is 5.26 Å². The third-order valence-electron chi connectivity index (χ3n) is 5.08. The van der Waals surface area contributed by atoms with Crippen molar-refractivity contribution in [2.45, 2.75) is 33.2 Å². The first kappa shape index (κ1) is 20.7. The van der Waals surface area contributed by atoms with Crippen LogP contribution in [-0.4, -0.2) is 27.7 Å². The van der Waals surface area contributed by atoms with Crippen molar-refractivity contribution >= 4 is 23.6 Å². The molecule has 0 saturated heterocycles. The summed E-state index contributed by atoms with van der Waals surface area (Å²) in [6.45, 7) is 5.13. The van der Waals surface area contributed by atoms with Gasteiger partial charge in [0.15, 0.2) is 0 Å². The number of furan rings is 1. The van der Waals surface area contributed by atoms with E-state index in [2.05, 4.69) is 0 Å². The van der Waals surface area contributed by atoms with Gasteiger partial charge in [0.25, 0.3) is 17.5 Å². The average molecular weight is 405 g/mol. The molecule has 3 rings (SSSR count). The summed E-state index contributed by atoms with van der Waals surface area (Å²) in [5.74, 6) is -0.558. The van der Waals surface area contributed by atoms with Crippen LogP contribution in [0.4, 0.5) is 5.69 Å². The second-order valence-electron chi connectivity index (χ2n) is 6.88. The molecule has 8 nitrogen and oxygen atoms in total. The van der Waals surface area contributed by atoms with Gasteiger partial charge in [-0.05, 0) is 50.1 Å². The lowest BCUT2D eigenvalue weighted by molar-refractivity contribution is -0.384. The third kappa shape index (κ3) is 3.53. The monoisotopic (exact) mass is 405 g/mol. The predicted molar refractivity (Wildman–Crippen MR) is 109 cm³/mol. The summed E-state index contributed by atoms with van der Waals surface area (Å²) < 4.78 is 5.74. The molecule has 0 radical (unpaired) electrons. The minimum Gasteiger partial charge on any atom is -0.456 e. The van der Waals surface area contributed by atoms with Crippen molar-refractivity contribution in [1.82, 2.24) is 4.90 Å². The first-order chi connectivity index (χ1) is 14.3. The number of hydrogen-bond acceptors (Lipinski definition) is 6. The molecule has 1 atom stereocenters. The standard InChI is InChI=1S/C22H19N3O5/c1-4-13(2)24-21(26)17(14(3)18(12-23)22(24)27)11-15-9-10-20(30-15)16-7-5-6-8-19(16)25(28)29/h5-11,13H,4H2,1-3H3/b17-11+. The Bertz CT molecular complexity index is 1150. The summed E-state index contributed by atoms with van der Waals surface area (Å²) in [7, 11) is 0. The van der Waals surface area contributed by atoms with E-state index in [0.717, 1.165) is 4.90 Å². The lowest BCUT2D eigenvalue weighted by atomic mass is 9.93. The molecule has 1 aromatic heterocycles. The van der Waals surface area contributed by atoms with Crippen LogP contribution in [0, 0.1) is 21.4 Å². The highest BCUT2D eigenvalue weighted by Gasteiger charge is 2.37. The fourth-order valence-corrected chi connectivity index (χ4v) is 3.24. The molecule has 2 aromatic rings. The molecule has 8 heteroatoms. The average Bonchev–Trinajstić information content (AvgIpc) is 3.20. The van der Waals surface area contributed by atoms with Gasteiger partial charge in [-0.25, -0.2) is 0 Å². The summed E-state index contributed by atoms with van der Waals surface area (Å²) in [4.78, 5) is 37.4. The van der Waals surface area contributed by atoms with Gasteiger partial charge in [-0.15, -0.1) is 0 Å². The zero-order valence-corrected chi connectivity index (χ0v) is 16.7. The number of benzene rings is 1. The SMILES string of the molecule is CCC(C)N1C(=O)C(C#N)=C(C)/C(=C\c2ccc(-c3ccccc3[N+](=O)[O-])o2)C1=O. The molecule has 0 bridgehead atoms. The Hall–Kier alpha value is -3.99. The van der Waals surface area contributed by atoms with Crippen molar-refractivity contribution in [2.75, 3.05) is 0 Å². The number of imide groups is 1. The van der Waals surface area contributed by atoms with Crippen molar-refractivity contribution in [3.8, 4) is 17.4 Å². The fraction of sp³-hybridized carbons (Fsp3) is 0.227. The Morgan fingerprint density at radius 1 is 1.23 bits per heavy atom. The number of carbonyl (C=O) groups is 2. The summed E-state index contributed by atoms with van der Waals surface area (Å²) >= 11 is 0. The van der Waals surface area contributed by atoms with E-state index >= 15 is 0 Å². The highest BCUT2D eigenvalue weighted by Crippen LogP contribution is 2.33. The van der Waals surface area contributed by atoms with Crippen LogP contribution in [0.15, 0.2) is 57.5 Å². The predicted octanol–water partition coefficient (Wildman–Crippen LogP) is 4.25. The lowest BCUT2D eigenvalue weighted by Gasteiger charge is -2.31. The molecule has 0 aliphatic carbocycles. The zero-order chi connectivity index (χ0) is 22.0. The van der Waals surface area contributed by atoms with E-state index in [1.54, 1.807) is 44.2 Å². The van der Waals surface area contributed by atoms with E-state index in [9.17, 15) is 25.0 Å². The van der Waals surface area contributed by atoms with Crippen molar-refractivity contribution in [3.63, 3.8) is 0 Å². The minimum atomic E-state index is -0.605. The van der Waals surface area contributed by atoms with Crippen molar-refractivity contribution in [3.05, 3.63) is 69.0 Å². The Kier molecular flexibility index (Phi) is 5.65. The van der Waals surface area contributed by atoms with Gasteiger partial charge in [-0.1, -0.05) is 19.1 Å². The molecular weight excluding hydrogens is 386 g/mol. The van der Waals surface area contributed by atoms with E-state index in [1.165, 1.54) is 12.1 Å². The van der Waals surface area contributed by atoms with Crippen LogP contribution in [0.2, 0.25) is 0 Å². The Labute approximate surface area is 172 Å². The summed E-state index contributed by atoms with van der Waals surface area (Å²) in [5, 5.41) is 20.7. The number of amides is 2. The van der Waals surface area contributed by atoms with Crippen LogP contribution in [0.5, 0.6) is 0 Å². The number of nitrogens with zero attached hydrogens (tertiary/aromatic N) is 3. The topological polar surface area (TPSA) is 117 Å². The molecule has 0 fully saturated rings. The van der Waals surface area contributed by atoms with E-state index in [-0.39, 0.29) is 40.0 Å². The second kappa shape index (κ2) is 8.17. The second-order valence-corrected chi connectivity index (χ2v) is 6.88. The number of nitriles is 1. The van der Waals surface area contributed by atoms with Gasteiger partial charge < -0.3 is 4.42 Å². The molecule has 0 saturated carbocycles. The van der Waals surface area contributed by atoms with Gasteiger partial charge in [-0.2, -0.15) is 5.26 Å². The first-order valence-corrected chi connectivity index (χ1v) is 9.34. The maximum Gasteiger partial charge on any atom is 0.280 e. The van der Waals surface area contributed by atoms with E-state index in [4.69, 9.17) is 4.42 Å². The summed E-state index contributed by atoms with van der Waals surface area (Å²) in [5.41, 5.74) is 0.567. The third-order valence-corrected chi connectivity index (χ3v) is 5.08. The van der Waals surface area contributed by atoms with Gasteiger partial charge in [-0.3, -0.25) is 24.6 Å². The largest absolute Gasteiger partial charge is 0.456 e. The lowest BCUT2D eigenvalue weighted by Crippen LogP contribution is -2.47. The number of rotatable bonds is 5. The molecule has 0 N–H and O–H groups in total. The van der Waals surface area contributed by atoms with Gasteiger partial charge in [0.05, 0.1) is 10.5 Å². The van der Waals surface area contributed by atoms with Gasteiger partial charge in [0.2, 0.25) is 0 Å². The Balaban J connectivity index is 2.08. The number of nitro groups is 1. The molecule has 2 heterocycles. The first-order valence-electron chi connectivity index (χ1n) is 9.34. The summed E-state index contributed by atoms with van der Waals surface area (Å²) in [6.07, 6.45) is 2.00. The minimum absolute atomic E-state index is 0.0911. The van der Waals surface area contributed by atoms with Gasteiger partial charge in [0.1, 0.15) is 23.2 Å². The Morgan fingerprint density at radius 2 is 1.93 bits per heavy atom. The molecule has 1 unspecified atom stereocenters. The highest BCUT2D eigenvalue weighted by atomic mass is 16.6. The quantitative estimate of drug-likeness (QED) is 0.318. The van der Waals surface area contributed by atoms with E-state index in [1.807, 2.05) is 13.0 Å². The molecule has 2 amide bonds. The number of hydrogen-bond donors (Lipinski definition) is 0. The number of nitro benzene ring substituents is 1. The molecule has 1 aliphatic rings. The van der Waals surface area contributed by atoms with E-state index in [0.29, 0.717) is 12.0 Å². The van der Waals surface area contributed by atoms with E-state index < -0.39 is 16.7 Å². The van der Waals surface area contributed by atoms with Crippen LogP contribution in [0.3, 0.4) is 0 Å². The normalized spacial score (nSPS) is 16.7. The van der Waals surface area contributed by atoms with Crippen LogP contribution in [0.1, 0.15) is 33.0 Å². The Morgan fingerprint density at radius 3 is 2.57 bits per heavy atom. The smallest absolute Gasteiger partial charge is 0.280 e.